The first kappa shape index (κ1) is 19.1. The number of benzene rings is 1. The third-order valence-corrected chi connectivity index (χ3v) is 5.67. The van der Waals surface area contributed by atoms with Gasteiger partial charge in [-0.25, -0.2) is 0 Å². The van der Waals surface area contributed by atoms with Crippen LogP contribution in [0, 0.1) is 34.8 Å². The van der Waals surface area contributed by atoms with Gasteiger partial charge in [-0.15, -0.1) is 0 Å². The standard InChI is InChI=1S/C19H24N2O6/c1-11-5-16(21(24)25)17(26-2)9-15(11)20-18(22)10-27-19(23)8-14-7-12-3-4-13(14)6-12/h5,9,12-14H,3-4,6-8,10H2,1-2H3,(H,20,22)/t12-,13+,14-/m0/s1. The number of fused-ring (bicyclic) bond motifs is 2. The van der Waals surface area contributed by atoms with E-state index in [1.807, 2.05) is 0 Å². The number of methoxy groups -OCH3 is 1. The molecule has 1 aromatic rings. The number of esters is 1. The molecule has 146 valence electrons. The van der Waals surface area contributed by atoms with Gasteiger partial charge in [-0.2, -0.15) is 0 Å². The first-order chi connectivity index (χ1) is 12.9. The summed E-state index contributed by atoms with van der Waals surface area (Å²) >= 11 is 0. The highest BCUT2D eigenvalue weighted by Gasteiger charge is 2.40. The molecule has 2 fully saturated rings. The fourth-order valence-corrected chi connectivity index (χ4v) is 4.35. The SMILES string of the molecule is COc1cc(NC(=O)COC(=O)C[C@@H]2C[C@H]3CC[C@@H]2C3)c(C)cc1[N+](=O)[O-]. The Bertz CT molecular complexity index is 763. The van der Waals surface area contributed by atoms with Crippen molar-refractivity contribution in [1.82, 2.24) is 0 Å². The topological polar surface area (TPSA) is 108 Å². The van der Waals surface area contributed by atoms with Gasteiger partial charge in [-0.3, -0.25) is 19.7 Å². The second-order valence-electron chi connectivity index (χ2n) is 7.44. The van der Waals surface area contributed by atoms with Crippen molar-refractivity contribution in [2.45, 2.75) is 39.0 Å². The van der Waals surface area contributed by atoms with E-state index in [0.29, 0.717) is 29.5 Å². The number of nitro benzene ring substituents is 1. The van der Waals surface area contributed by atoms with E-state index in [1.54, 1.807) is 6.92 Å². The maximum absolute atomic E-state index is 12.1. The lowest BCUT2D eigenvalue weighted by atomic mass is 9.86. The zero-order valence-electron chi connectivity index (χ0n) is 15.5. The summed E-state index contributed by atoms with van der Waals surface area (Å²) in [6, 6.07) is 2.72. The summed E-state index contributed by atoms with van der Waals surface area (Å²) in [5.74, 6) is 0.994. The first-order valence-electron chi connectivity index (χ1n) is 9.16. The number of aryl methyl sites for hydroxylation is 1. The number of rotatable bonds is 7. The Morgan fingerprint density at radius 3 is 2.67 bits per heavy atom. The van der Waals surface area contributed by atoms with Crippen LogP contribution < -0.4 is 10.1 Å². The minimum atomic E-state index is -0.547. The van der Waals surface area contributed by atoms with Crippen LogP contribution in [0.5, 0.6) is 5.75 Å². The van der Waals surface area contributed by atoms with Crippen molar-refractivity contribution in [2.75, 3.05) is 19.0 Å². The van der Waals surface area contributed by atoms with E-state index in [-0.39, 0.29) is 24.0 Å². The molecule has 1 aromatic carbocycles. The number of nitrogens with zero attached hydrogens (tertiary/aromatic N) is 1. The Kier molecular flexibility index (Phi) is 5.62. The minimum Gasteiger partial charge on any atom is -0.490 e. The molecule has 0 unspecified atom stereocenters. The molecule has 2 aliphatic rings. The smallest absolute Gasteiger partial charge is 0.311 e. The van der Waals surface area contributed by atoms with E-state index in [4.69, 9.17) is 9.47 Å². The van der Waals surface area contributed by atoms with Crippen LogP contribution in [0.15, 0.2) is 12.1 Å². The lowest BCUT2D eigenvalue weighted by Crippen LogP contribution is -2.23. The van der Waals surface area contributed by atoms with Gasteiger partial charge < -0.3 is 14.8 Å². The van der Waals surface area contributed by atoms with Gasteiger partial charge in [0.25, 0.3) is 5.91 Å². The zero-order valence-corrected chi connectivity index (χ0v) is 15.5. The van der Waals surface area contributed by atoms with E-state index in [0.717, 1.165) is 12.3 Å². The zero-order chi connectivity index (χ0) is 19.6. The molecular formula is C19H24N2O6. The summed E-state index contributed by atoms with van der Waals surface area (Å²) in [7, 11) is 1.32. The maximum Gasteiger partial charge on any atom is 0.311 e. The van der Waals surface area contributed by atoms with Crippen molar-refractivity contribution in [2.24, 2.45) is 17.8 Å². The number of carbonyl (C=O) groups is 2. The van der Waals surface area contributed by atoms with E-state index in [2.05, 4.69) is 5.32 Å². The Balaban J connectivity index is 1.51. The number of nitrogens with one attached hydrogen (secondary N) is 1. The minimum absolute atomic E-state index is 0.0502. The van der Waals surface area contributed by atoms with Crippen molar-refractivity contribution in [3.63, 3.8) is 0 Å². The quantitative estimate of drug-likeness (QED) is 0.445. The molecule has 2 aliphatic carbocycles. The van der Waals surface area contributed by atoms with E-state index >= 15 is 0 Å². The lowest BCUT2D eigenvalue weighted by Gasteiger charge is -2.20. The van der Waals surface area contributed by atoms with Crippen molar-refractivity contribution >= 4 is 23.3 Å². The molecule has 2 bridgehead atoms. The molecule has 3 rings (SSSR count). The van der Waals surface area contributed by atoms with Gasteiger partial charge in [0.05, 0.1) is 12.0 Å². The van der Waals surface area contributed by atoms with Gasteiger partial charge in [0.2, 0.25) is 0 Å². The number of hydrogen-bond acceptors (Lipinski definition) is 6. The van der Waals surface area contributed by atoms with Crippen LogP contribution in [-0.2, 0) is 14.3 Å². The molecule has 0 saturated heterocycles. The summed E-state index contributed by atoms with van der Waals surface area (Å²) in [6.07, 6.45) is 5.16. The molecule has 27 heavy (non-hydrogen) atoms. The molecular weight excluding hydrogens is 352 g/mol. The van der Waals surface area contributed by atoms with Gasteiger partial charge >= 0.3 is 11.7 Å². The summed E-state index contributed by atoms with van der Waals surface area (Å²) in [5, 5.41) is 13.6. The van der Waals surface area contributed by atoms with E-state index in [1.165, 1.54) is 38.5 Å². The van der Waals surface area contributed by atoms with Crippen molar-refractivity contribution in [3.05, 3.63) is 27.8 Å². The van der Waals surface area contributed by atoms with Crippen LogP contribution in [0.1, 0.15) is 37.7 Å². The second-order valence-corrected chi connectivity index (χ2v) is 7.44. The molecule has 8 nitrogen and oxygen atoms in total. The fraction of sp³-hybridized carbons (Fsp3) is 0.579. The fourth-order valence-electron chi connectivity index (χ4n) is 4.35. The average molecular weight is 376 g/mol. The molecule has 1 N–H and O–H groups in total. The average Bonchev–Trinajstić information content (AvgIpc) is 3.24. The third kappa shape index (κ3) is 4.37. The van der Waals surface area contributed by atoms with Gasteiger partial charge in [-0.05, 0) is 49.5 Å². The largest absolute Gasteiger partial charge is 0.490 e. The van der Waals surface area contributed by atoms with Crippen molar-refractivity contribution in [3.8, 4) is 5.75 Å². The van der Waals surface area contributed by atoms with Gasteiger partial charge in [0, 0.05) is 24.2 Å². The summed E-state index contributed by atoms with van der Waals surface area (Å²) in [6.45, 7) is 1.27. The van der Waals surface area contributed by atoms with Crippen LogP contribution in [0.2, 0.25) is 0 Å². The molecule has 3 atom stereocenters. The molecule has 0 aliphatic heterocycles. The Morgan fingerprint density at radius 1 is 1.30 bits per heavy atom. The number of hydrogen-bond donors (Lipinski definition) is 1. The molecule has 1 amide bonds. The highest BCUT2D eigenvalue weighted by molar-refractivity contribution is 5.94. The predicted octanol–water partition coefficient (Wildman–Crippen LogP) is 3.22. The number of nitro groups is 1. The normalized spacial score (nSPS) is 23.1. The van der Waals surface area contributed by atoms with E-state index < -0.39 is 10.8 Å². The third-order valence-electron chi connectivity index (χ3n) is 5.67. The van der Waals surface area contributed by atoms with Crippen LogP contribution >= 0.6 is 0 Å². The summed E-state index contributed by atoms with van der Waals surface area (Å²) in [4.78, 5) is 34.6. The highest BCUT2D eigenvalue weighted by atomic mass is 16.6. The maximum atomic E-state index is 12.1. The molecule has 2 saturated carbocycles. The molecule has 0 heterocycles. The predicted molar refractivity (Wildman–Crippen MR) is 97.5 cm³/mol. The monoisotopic (exact) mass is 376 g/mol. The van der Waals surface area contributed by atoms with Crippen LogP contribution in [0.25, 0.3) is 0 Å². The van der Waals surface area contributed by atoms with Gasteiger partial charge in [0.1, 0.15) is 0 Å². The molecule has 0 aromatic heterocycles. The van der Waals surface area contributed by atoms with Crippen LogP contribution in [-0.4, -0.2) is 30.5 Å². The first-order valence-corrected chi connectivity index (χ1v) is 9.16. The summed E-state index contributed by atoms with van der Waals surface area (Å²) < 4.78 is 10.1. The number of anilines is 1. The lowest BCUT2D eigenvalue weighted by molar-refractivity contribution is -0.385. The van der Waals surface area contributed by atoms with E-state index in [9.17, 15) is 19.7 Å². The number of carbonyl (C=O) groups excluding carboxylic acids is 2. The van der Waals surface area contributed by atoms with Gasteiger partial charge in [-0.1, -0.05) is 6.42 Å². The number of amides is 1. The molecule has 8 heteroatoms. The van der Waals surface area contributed by atoms with Crippen molar-refractivity contribution < 1.29 is 24.0 Å². The second kappa shape index (κ2) is 7.94. The highest BCUT2D eigenvalue weighted by Crippen LogP contribution is 2.49. The molecule has 0 radical (unpaired) electrons. The Morgan fingerprint density at radius 2 is 2.07 bits per heavy atom. The van der Waals surface area contributed by atoms with Crippen molar-refractivity contribution in [1.29, 1.82) is 0 Å². The Labute approximate surface area is 157 Å². The van der Waals surface area contributed by atoms with Gasteiger partial charge in [0.15, 0.2) is 12.4 Å². The van der Waals surface area contributed by atoms with Crippen LogP contribution in [0.3, 0.4) is 0 Å². The summed E-state index contributed by atoms with van der Waals surface area (Å²) in [5.41, 5.74) is 0.723. The molecule has 0 spiro atoms. The Hall–Kier alpha value is -2.64. The van der Waals surface area contributed by atoms with Crippen LogP contribution in [0.4, 0.5) is 11.4 Å². The number of ether oxygens (including phenoxy) is 2.